The topological polar surface area (TPSA) is 178 Å². The van der Waals surface area contributed by atoms with E-state index in [4.69, 9.17) is 9.84 Å². The number of carbonyl (C=O) groups is 2. The summed E-state index contributed by atoms with van der Waals surface area (Å²) in [5, 5.41) is 43.3. The fourth-order valence-electron chi connectivity index (χ4n) is 4.39. The fraction of sp³-hybridized carbons (Fsp3) is 0.179. The highest BCUT2D eigenvalue weighted by Gasteiger charge is 2.36. The fourth-order valence-corrected chi connectivity index (χ4v) is 4.39. The van der Waals surface area contributed by atoms with Crippen molar-refractivity contribution in [2.45, 2.75) is 25.6 Å². The number of ether oxygens (including phenoxy) is 1. The number of aliphatic hydroxyl groups excluding tert-OH is 1. The summed E-state index contributed by atoms with van der Waals surface area (Å²) in [7, 11) is 0. The van der Waals surface area contributed by atoms with Gasteiger partial charge in [0, 0.05) is 5.56 Å². The van der Waals surface area contributed by atoms with Gasteiger partial charge in [-0.05, 0) is 49.4 Å². The number of benzene rings is 2. The van der Waals surface area contributed by atoms with Crippen molar-refractivity contribution in [3.05, 3.63) is 88.7 Å². The van der Waals surface area contributed by atoms with E-state index >= 15 is 0 Å². The van der Waals surface area contributed by atoms with Crippen LogP contribution >= 0.6 is 0 Å². The monoisotopic (exact) mass is 663 g/mol. The van der Waals surface area contributed by atoms with E-state index < -0.39 is 52.8 Å². The third-order valence-electron chi connectivity index (χ3n) is 6.54. The summed E-state index contributed by atoms with van der Waals surface area (Å²) in [5.41, 5.74) is -5.07. The molecule has 3 N–H and O–H groups in total. The second-order valence-electron chi connectivity index (χ2n) is 9.62. The first-order valence-electron chi connectivity index (χ1n) is 13.1. The minimum atomic E-state index is -4.99. The Kier molecular flexibility index (Phi) is 8.52. The summed E-state index contributed by atoms with van der Waals surface area (Å²) in [6, 6.07) is 7.57. The molecule has 0 saturated heterocycles. The smallest absolute Gasteiger partial charge is 0.417 e. The highest BCUT2D eigenvalue weighted by Crippen LogP contribution is 2.36. The summed E-state index contributed by atoms with van der Waals surface area (Å²) >= 11 is 0. The Bertz CT molecular complexity index is 1990. The number of nitrogens with zero attached hydrogens (tertiary/aromatic N) is 7. The van der Waals surface area contributed by atoms with Gasteiger partial charge >= 0.3 is 24.3 Å². The summed E-state index contributed by atoms with van der Waals surface area (Å²) in [6.07, 6.45) is -9.97. The number of carboxylic acids is 1. The predicted molar refractivity (Wildman–Crippen MR) is 145 cm³/mol. The van der Waals surface area contributed by atoms with Crippen LogP contribution in [0, 0.1) is 0 Å². The average Bonchev–Trinajstić information content (AvgIpc) is 3.71. The lowest BCUT2D eigenvalue weighted by Crippen LogP contribution is -2.14. The summed E-state index contributed by atoms with van der Waals surface area (Å²) < 4.78 is 88.3. The number of aromatic carboxylic acids is 1. The lowest BCUT2D eigenvalue weighted by Gasteiger charge is -2.15. The van der Waals surface area contributed by atoms with Gasteiger partial charge in [0.2, 0.25) is 0 Å². The highest BCUT2D eigenvalue weighted by atomic mass is 19.4. The van der Waals surface area contributed by atoms with Gasteiger partial charge in [0.05, 0.1) is 64.0 Å². The van der Waals surface area contributed by atoms with Gasteiger partial charge in [0.25, 0.3) is 0 Å². The van der Waals surface area contributed by atoms with Crippen molar-refractivity contribution in [1.82, 2.24) is 35.0 Å². The predicted octanol–water partition coefficient (Wildman–Crippen LogP) is 4.47. The molecule has 0 unspecified atom stereocenters. The number of hydrogen-bond donors (Lipinski definition) is 3. The molecule has 5 aromatic rings. The molecule has 47 heavy (non-hydrogen) atoms. The third kappa shape index (κ3) is 6.79. The maximum Gasteiger partial charge on any atom is 0.417 e. The van der Waals surface area contributed by atoms with Gasteiger partial charge < -0.3 is 20.1 Å². The molecule has 0 radical (unpaired) electrons. The second-order valence-corrected chi connectivity index (χ2v) is 9.62. The molecule has 244 valence electrons. The number of pyridine rings is 1. The zero-order chi connectivity index (χ0) is 34.3. The Hall–Kier alpha value is -5.69. The SMILES string of the molecule is CCOC(=O)c1cc(-c2cn(-c3ccc(C(=O)O)c(C(F)(F)F)c3)nn2)nc(-c2cn(-c3ccc(C(O)O)c(C(F)(F)F)c3)nn2)c1. The first-order chi connectivity index (χ1) is 22.1. The van der Waals surface area contributed by atoms with Crippen LogP contribution in [0.2, 0.25) is 0 Å². The van der Waals surface area contributed by atoms with Crippen molar-refractivity contribution < 1.29 is 56.0 Å². The van der Waals surface area contributed by atoms with Gasteiger partial charge in [0.15, 0.2) is 6.29 Å². The molecule has 0 aliphatic heterocycles. The number of esters is 1. The molecule has 0 aliphatic rings. The average molecular weight is 663 g/mol. The molecular formula is C28H19F6N7O6. The van der Waals surface area contributed by atoms with E-state index in [2.05, 4.69) is 25.6 Å². The molecule has 2 aromatic carbocycles. The minimum absolute atomic E-state index is 0.00780. The summed E-state index contributed by atoms with van der Waals surface area (Å²) in [5.74, 6) is -2.58. The van der Waals surface area contributed by atoms with E-state index in [0.717, 1.165) is 33.6 Å². The van der Waals surface area contributed by atoms with Crippen LogP contribution in [0.5, 0.6) is 0 Å². The van der Waals surface area contributed by atoms with Gasteiger partial charge in [0.1, 0.15) is 11.4 Å². The molecule has 0 aliphatic carbocycles. The number of aliphatic hydroxyl groups is 2. The molecule has 0 atom stereocenters. The van der Waals surface area contributed by atoms with Crippen molar-refractivity contribution in [2.75, 3.05) is 6.61 Å². The lowest BCUT2D eigenvalue weighted by atomic mass is 10.1. The zero-order valence-corrected chi connectivity index (χ0v) is 23.5. The Morgan fingerprint density at radius 3 is 1.77 bits per heavy atom. The van der Waals surface area contributed by atoms with Crippen LogP contribution in [0.15, 0.2) is 60.9 Å². The standard InChI is InChI=1S/C28H19F6N7O6/c1-2-47-26(46)13-7-20(22-11-40(38-36-22)14-3-5-16(24(42)43)18(9-14)27(29,30)31)35-21(8-13)23-12-41(39-37-23)15-4-6-17(25(44)45)19(10-15)28(32,33)34/h3-12,24,42-43H,2H2,1H3,(H,44,45). The van der Waals surface area contributed by atoms with E-state index in [9.17, 15) is 46.1 Å². The normalized spacial score (nSPS) is 12.0. The molecule has 0 saturated carbocycles. The molecule has 0 fully saturated rings. The number of carboxylic acid groups (broad SMARTS) is 1. The molecule has 19 heteroatoms. The highest BCUT2D eigenvalue weighted by molar-refractivity contribution is 5.92. The van der Waals surface area contributed by atoms with E-state index in [1.54, 1.807) is 6.92 Å². The van der Waals surface area contributed by atoms with E-state index in [1.165, 1.54) is 24.5 Å². The van der Waals surface area contributed by atoms with E-state index in [-0.39, 0.29) is 46.3 Å². The molecule has 3 heterocycles. The number of halogens is 6. The van der Waals surface area contributed by atoms with Gasteiger partial charge in [-0.1, -0.05) is 16.5 Å². The molecule has 0 spiro atoms. The first kappa shape index (κ1) is 32.7. The molecular weight excluding hydrogens is 644 g/mol. The van der Waals surface area contributed by atoms with Gasteiger partial charge in [-0.25, -0.2) is 23.9 Å². The maximum atomic E-state index is 13.6. The van der Waals surface area contributed by atoms with Crippen LogP contribution in [-0.2, 0) is 17.1 Å². The van der Waals surface area contributed by atoms with Gasteiger partial charge in [-0.15, -0.1) is 10.2 Å². The third-order valence-corrected chi connectivity index (χ3v) is 6.54. The van der Waals surface area contributed by atoms with Crippen molar-refractivity contribution >= 4 is 11.9 Å². The van der Waals surface area contributed by atoms with Crippen molar-refractivity contribution in [1.29, 1.82) is 0 Å². The quantitative estimate of drug-likeness (QED) is 0.121. The first-order valence-corrected chi connectivity index (χ1v) is 13.1. The molecule has 3 aromatic heterocycles. The second kappa shape index (κ2) is 12.2. The Morgan fingerprint density at radius 1 is 0.787 bits per heavy atom. The van der Waals surface area contributed by atoms with Crippen LogP contribution < -0.4 is 0 Å². The number of alkyl halides is 6. The Morgan fingerprint density at radius 2 is 1.30 bits per heavy atom. The van der Waals surface area contributed by atoms with Crippen LogP contribution in [-0.4, -0.2) is 68.8 Å². The van der Waals surface area contributed by atoms with Gasteiger partial charge in [-0.3, -0.25) is 0 Å². The van der Waals surface area contributed by atoms with Crippen LogP contribution in [0.1, 0.15) is 50.6 Å². The molecule has 0 bridgehead atoms. The Labute approximate surface area is 258 Å². The molecule has 0 amide bonds. The number of carbonyl (C=O) groups excluding carboxylic acids is 1. The molecule has 5 rings (SSSR count). The molecule has 13 nitrogen and oxygen atoms in total. The van der Waals surface area contributed by atoms with Crippen LogP contribution in [0.4, 0.5) is 26.3 Å². The number of hydrogen-bond acceptors (Lipinski definition) is 10. The minimum Gasteiger partial charge on any atom is -0.478 e. The largest absolute Gasteiger partial charge is 0.478 e. The zero-order valence-electron chi connectivity index (χ0n) is 23.5. The Balaban J connectivity index is 1.56. The van der Waals surface area contributed by atoms with E-state index in [0.29, 0.717) is 12.1 Å². The number of aromatic nitrogens is 7. The van der Waals surface area contributed by atoms with Crippen LogP contribution in [0.25, 0.3) is 34.2 Å². The van der Waals surface area contributed by atoms with E-state index in [1.807, 2.05) is 0 Å². The van der Waals surface area contributed by atoms with Gasteiger partial charge in [-0.2, -0.15) is 26.3 Å². The van der Waals surface area contributed by atoms with Crippen molar-refractivity contribution in [3.63, 3.8) is 0 Å². The van der Waals surface area contributed by atoms with Crippen molar-refractivity contribution in [3.8, 4) is 34.2 Å². The maximum absolute atomic E-state index is 13.6. The summed E-state index contributed by atoms with van der Waals surface area (Å²) in [6.45, 7) is 1.55. The lowest BCUT2D eigenvalue weighted by molar-refractivity contribution is -0.142. The van der Waals surface area contributed by atoms with Crippen LogP contribution in [0.3, 0.4) is 0 Å². The van der Waals surface area contributed by atoms with Crippen molar-refractivity contribution in [2.24, 2.45) is 0 Å². The number of rotatable bonds is 8. The summed E-state index contributed by atoms with van der Waals surface area (Å²) in [4.78, 5) is 28.4.